The van der Waals surface area contributed by atoms with Gasteiger partial charge in [-0.05, 0) is 68.1 Å². The molecular formula is C26H27FN2O4. The molecule has 172 valence electrons. The highest BCUT2D eigenvalue weighted by atomic mass is 19.1. The first-order valence-corrected chi connectivity index (χ1v) is 11.2. The van der Waals surface area contributed by atoms with Crippen LogP contribution in [0.5, 0.6) is 5.75 Å². The van der Waals surface area contributed by atoms with Crippen molar-refractivity contribution in [1.29, 1.82) is 0 Å². The van der Waals surface area contributed by atoms with E-state index in [2.05, 4.69) is 11.9 Å². The van der Waals surface area contributed by atoms with Gasteiger partial charge in [-0.3, -0.25) is 4.79 Å². The van der Waals surface area contributed by atoms with Crippen molar-refractivity contribution in [3.8, 4) is 17.0 Å². The van der Waals surface area contributed by atoms with E-state index in [9.17, 15) is 14.0 Å². The van der Waals surface area contributed by atoms with Crippen molar-refractivity contribution in [3.05, 3.63) is 59.9 Å². The fourth-order valence-corrected chi connectivity index (χ4v) is 3.91. The first kappa shape index (κ1) is 22.7. The number of halogens is 1. The van der Waals surface area contributed by atoms with Crippen molar-refractivity contribution < 1.29 is 23.5 Å². The van der Waals surface area contributed by atoms with Gasteiger partial charge in [-0.2, -0.15) is 0 Å². The molecule has 0 unspecified atom stereocenters. The summed E-state index contributed by atoms with van der Waals surface area (Å²) >= 11 is 0. The quantitative estimate of drug-likeness (QED) is 0.502. The summed E-state index contributed by atoms with van der Waals surface area (Å²) in [6, 6.07) is 12.8. The molecular weight excluding hydrogens is 423 g/mol. The molecule has 4 rings (SSSR count). The van der Waals surface area contributed by atoms with E-state index in [1.165, 1.54) is 12.1 Å². The number of aromatic nitrogens is 1. The summed E-state index contributed by atoms with van der Waals surface area (Å²) in [4.78, 5) is 31.5. The van der Waals surface area contributed by atoms with Gasteiger partial charge in [0.05, 0.1) is 23.4 Å². The number of nitrogens with zero attached hydrogens (tertiary/aromatic N) is 2. The van der Waals surface area contributed by atoms with Crippen LogP contribution in [-0.4, -0.2) is 48.1 Å². The summed E-state index contributed by atoms with van der Waals surface area (Å²) in [5.74, 6) is 0.211. The zero-order chi connectivity index (χ0) is 23.4. The molecule has 0 spiro atoms. The molecule has 1 aliphatic heterocycles. The van der Waals surface area contributed by atoms with E-state index in [-0.39, 0.29) is 24.9 Å². The SMILES string of the molecule is CCOC(=O)c1ccc2nc(-c3ccc(F)cc3)cc(OCC(=O)N3CCC(C)CC3)c2c1. The highest BCUT2D eigenvalue weighted by Crippen LogP contribution is 2.31. The van der Waals surface area contributed by atoms with Crippen LogP contribution < -0.4 is 4.74 Å². The maximum absolute atomic E-state index is 13.4. The highest BCUT2D eigenvalue weighted by Gasteiger charge is 2.21. The molecule has 1 fully saturated rings. The first-order chi connectivity index (χ1) is 15.9. The maximum atomic E-state index is 13.4. The molecule has 1 saturated heterocycles. The van der Waals surface area contributed by atoms with Gasteiger partial charge in [0.15, 0.2) is 6.61 Å². The second-order valence-corrected chi connectivity index (χ2v) is 8.32. The lowest BCUT2D eigenvalue weighted by molar-refractivity contribution is -0.134. The number of amides is 1. The molecule has 0 radical (unpaired) electrons. The second kappa shape index (κ2) is 9.98. The first-order valence-electron chi connectivity index (χ1n) is 11.2. The van der Waals surface area contributed by atoms with Gasteiger partial charge in [0.25, 0.3) is 5.91 Å². The average Bonchev–Trinajstić information content (AvgIpc) is 2.83. The number of hydrogen-bond acceptors (Lipinski definition) is 5. The van der Waals surface area contributed by atoms with E-state index in [0.717, 1.165) is 25.9 Å². The Labute approximate surface area is 192 Å². The molecule has 7 heteroatoms. The van der Waals surface area contributed by atoms with Crippen molar-refractivity contribution in [1.82, 2.24) is 9.88 Å². The minimum atomic E-state index is -0.438. The number of rotatable bonds is 6. The number of pyridine rings is 1. The lowest BCUT2D eigenvalue weighted by Crippen LogP contribution is -2.40. The third-order valence-corrected chi connectivity index (χ3v) is 5.91. The number of piperidine rings is 1. The highest BCUT2D eigenvalue weighted by molar-refractivity contribution is 5.97. The fourth-order valence-electron chi connectivity index (χ4n) is 3.91. The molecule has 33 heavy (non-hydrogen) atoms. The minimum absolute atomic E-state index is 0.0725. The van der Waals surface area contributed by atoms with E-state index in [1.54, 1.807) is 43.3 Å². The average molecular weight is 451 g/mol. The molecule has 1 aliphatic rings. The van der Waals surface area contributed by atoms with E-state index < -0.39 is 5.97 Å². The van der Waals surface area contributed by atoms with Crippen LogP contribution in [0.15, 0.2) is 48.5 Å². The normalized spacial score (nSPS) is 14.3. The molecule has 2 aromatic carbocycles. The largest absolute Gasteiger partial charge is 0.483 e. The van der Waals surface area contributed by atoms with Crippen molar-refractivity contribution in [2.75, 3.05) is 26.3 Å². The molecule has 6 nitrogen and oxygen atoms in total. The Balaban J connectivity index is 1.66. The monoisotopic (exact) mass is 450 g/mol. The second-order valence-electron chi connectivity index (χ2n) is 8.32. The van der Waals surface area contributed by atoms with Crippen LogP contribution in [-0.2, 0) is 9.53 Å². The van der Waals surface area contributed by atoms with Crippen LogP contribution in [0, 0.1) is 11.7 Å². The number of carbonyl (C=O) groups excluding carboxylic acids is 2. The predicted octanol–water partition coefficient (Wildman–Crippen LogP) is 4.85. The summed E-state index contributed by atoms with van der Waals surface area (Å²) in [5.41, 5.74) is 2.27. The fraction of sp³-hybridized carbons (Fsp3) is 0.346. The van der Waals surface area contributed by atoms with Gasteiger partial charge in [-0.1, -0.05) is 6.92 Å². The zero-order valence-corrected chi connectivity index (χ0v) is 18.8. The maximum Gasteiger partial charge on any atom is 0.338 e. The molecule has 0 N–H and O–H groups in total. The molecule has 2 heterocycles. The molecule has 0 saturated carbocycles. The van der Waals surface area contributed by atoms with Crippen LogP contribution in [0.25, 0.3) is 22.2 Å². The molecule has 0 bridgehead atoms. The van der Waals surface area contributed by atoms with E-state index >= 15 is 0 Å². The molecule has 1 aromatic heterocycles. The Morgan fingerprint density at radius 3 is 2.52 bits per heavy atom. The molecule has 0 atom stereocenters. The standard InChI is InChI=1S/C26H27FN2O4/c1-3-32-26(31)19-6-9-22-21(14-19)24(15-23(28-22)18-4-7-20(27)8-5-18)33-16-25(30)29-12-10-17(2)11-13-29/h4-9,14-15,17H,3,10-13,16H2,1-2H3. The van der Waals surface area contributed by atoms with Crippen molar-refractivity contribution >= 4 is 22.8 Å². The summed E-state index contributed by atoms with van der Waals surface area (Å²) in [7, 11) is 0. The predicted molar refractivity (Wildman–Crippen MR) is 124 cm³/mol. The number of fused-ring (bicyclic) bond motifs is 1. The Kier molecular flexibility index (Phi) is 6.87. The van der Waals surface area contributed by atoms with Gasteiger partial charge in [-0.25, -0.2) is 14.2 Å². The van der Waals surface area contributed by atoms with Gasteiger partial charge in [-0.15, -0.1) is 0 Å². The van der Waals surface area contributed by atoms with Crippen LogP contribution >= 0.6 is 0 Å². The summed E-state index contributed by atoms with van der Waals surface area (Å²) in [6.07, 6.45) is 1.98. The van der Waals surface area contributed by atoms with Crippen molar-refractivity contribution in [3.63, 3.8) is 0 Å². The summed E-state index contributed by atoms with van der Waals surface area (Å²) in [6.45, 7) is 5.56. The molecule has 1 amide bonds. The van der Waals surface area contributed by atoms with Gasteiger partial charge in [0, 0.05) is 30.1 Å². The van der Waals surface area contributed by atoms with Crippen molar-refractivity contribution in [2.45, 2.75) is 26.7 Å². The third kappa shape index (κ3) is 5.30. The van der Waals surface area contributed by atoms with Crippen LogP contribution in [0.4, 0.5) is 4.39 Å². The van der Waals surface area contributed by atoms with Crippen LogP contribution in [0.3, 0.4) is 0 Å². The Bertz CT molecular complexity index is 1150. The minimum Gasteiger partial charge on any atom is -0.483 e. The zero-order valence-electron chi connectivity index (χ0n) is 18.8. The molecule has 3 aromatic rings. The number of likely N-dealkylation sites (tertiary alicyclic amines) is 1. The third-order valence-electron chi connectivity index (χ3n) is 5.91. The van der Waals surface area contributed by atoms with Gasteiger partial charge in [0.2, 0.25) is 0 Å². The van der Waals surface area contributed by atoms with Gasteiger partial charge < -0.3 is 14.4 Å². The van der Waals surface area contributed by atoms with Crippen molar-refractivity contribution in [2.24, 2.45) is 5.92 Å². The lowest BCUT2D eigenvalue weighted by atomic mass is 9.99. The smallest absolute Gasteiger partial charge is 0.338 e. The van der Waals surface area contributed by atoms with Crippen LogP contribution in [0.1, 0.15) is 37.0 Å². The molecule has 0 aliphatic carbocycles. The van der Waals surface area contributed by atoms with E-state index in [1.807, 2.05) is 4.90 Å². The number of benzene rings is 2. The van der Waals surface area contributed by atoms with Gasteiger partial charge >= 0.3 is 5.97 Å². The summed E-state index contributed by atoms with van der Waals surface area (Å²) in [5, 5.41) is 0.603. The van der Waals surface area contributed by atoms with E-state index in [0.29, 0.717) is 39.4 Å². The topological polar surface area (TPSA) is 68.7 Å². The van der Waals surface area contributed by atoms with Gasteiger partial charge in [0.1, 0.15) is 11.6 Å². The number of ether oxygens (including phenoxy) is 2. The Morgan fingerprint density at radius 2 is 1.82 bits per heavy atom. The Hall–Kier alpha value is -3.48. The van der Waals surface area contributed by atoms with Crippen LogP contribution in [0.2, 0.25) is 0 Å². The number of esters is 1. The number of carbonyl (C=O) groups is 2. The van der Waals surface area contributed by atoms with E-state index in [4.69, 9.17) is 9.47 Å². The lowest BCUT2D eigenvalue weighted by Gasteiger charge is -2.30. The Morgan fingerprint density at radius 1 is 1.09 bits per heavy atom. The summed E-state index contributed by atoms with van der Waals surface area (Å²) < 4.78 is 24.5. The number of hydrogen-bond donors (Lipinski definition) is 0.